The number of furan rings is 1. The average Bonchev–Trinajstić information content (AvgIpc) is 2.80. The summed E-state index contributed by atoms with van der Waals surface area (Å²) in [5, 5.41) is 3.30. The zero-order chi connectivity index (χ0) is 11.4. The van der Waals surface area contributed by atoms with E-state index in [9.17, 15) is 0 Å². The van der Waals surface area contributed by atoms with Gasteiger partial charge in [0.05, 0.1) is 12.3 Å². The van der Waals surface area contributed by atoms with Gasteiger partial charge in [-0.05, 0) is 24.7 Å². The summed E-state index contributed by atoms with van der Waals surface area (Å²) in [5.41, 5.74) is 2.35. The molecule has 0 aromatic carbocycles. The fourth-order valence-corrected chi connectivity index (χ4v) is 1.94. The third-order valence-electron chi connectivity index (χ3n) is 2.72. The predicted octanol–water partition coefficient (Wildman–Crippen LogP) is 2.55. The minimum absolute atomic E-state index is 0.155. The fourth-order valence-electron chi connectivity index (χ4n) is 1.94. The van der Waals surface area contributed by atoms with Crippen LogP contribution in [0.4, 0.5) is 0 Å². The second-order valence-corrected chi connectivity index (χ2v) is 3.66. The minimum Gasteiger partial charge on any atom is -0.469 e. The van der Waals surface area contributed by atoms with Crippen molar-refractivity contribution in [3.63, 3.8) is 0 Å². The maximum absolute atomic E-state index is 5.46. The second-order valence-electron chi connectivity index (χ2n) is 3.66. The molecule has 0 aliphatic carbocycles. The topological polar surface area (TPSA) is 38.1 Å². The molecule has 0 aliphatic rings. The van der Waals surface area contributed by atoms with Crippen molar-refractivity contribution in [3.05, 3.63) is 53.7 Å². The van der Waals surface area contributed by atoms with Gasteiger partial charge in [0, 0.05) is 24.4 Å². The Kier molecular flexibility index (Phi) is 3.37. The Morgan fingerprint density at radius 1 is 1.44 bits per heavy atom. The first kappa shape index (κ1) is 10.9. The Bertz CT molecular complexity index is 436. The molecule has 84 valence electrons. The molecule has 0 aliphatic heterocycles. The molecule has 2 heterocycles. The largest absolute Gasteiger partial charge is 0.469 e. The Morgan fingerprint density at radius 2 is 2.31 bits per heavy atom. The second kappa shape index (κ2) is 4.94. The number of nitrogens with one attached hydrogen (secondary N) is 1. The molecule has 2 aromatic heterocycles. The Morgan fingerprint density at radius 3 is 2.94 bits per heavy atom. The zero-order valence-corrected chi connectivity index (χ0v) is 9.60. The first-order valence-corrected chi connectivity index (χ1v) is 5.50. The summed E-state index contributed by atoms with van der Waals surface area (Å²) in [6.45, 7) is 2.10. The molecule has 2 aromatic rings. The highest BCUT2D eigenvalue weighted by atomic mass is 16.3. The van der Waals surface area contributed by atoms with Gasteiger partial charge in [-0.25, -0.2) is 0 Å². The molecular weight excluding hydrogens is 200 g/mol. The van der Waals surface area contributed by atoms with E-state index in [1.54, 1.807) is 12.5 Å². The number of aryl methyl sites for hydroxylation is 1. The summed E-state index contributed by atoms with van der Waals surface area (Å²) >= 11 is 0. The zero-order valence-electron chi connectivity index (χ0n) is 9.60. The van der Waals surface area contributed by atoms with Gasteiger partial charge >= 0.3 is 0 Å². The molecule has 3 heteroatoms. The van der Waals surface area contributed by atoms with Crippen LogP contribution in [0.2, 0.25) is 0 Å². The molecule has 0 amide bonds. The fraction of sp³-hybridized carbons (Fsp3) is 0.308. The number of aromatic nitrogens is 1. The lowest BCUT2D eigenvalue weighted by atomic mass is 10.00. The molecular formula is C13H16N2O. The van der Waals surface area contributed by atoms with Crippen LogP contribution >= 0.6 is 0 Å². The molecule has 2 rings (SSSR count). The van der Waals surface area contributed by atoms with Crippen molar-refractivity contribution in [1.29, 1.82) is 0 Å². The van der Waals surface area contributed by atoms with Gasteiger partial charge in [-0.2, -0.15) is 0 Å². The van der Waals surface area contributed by atoms with Crippen LogP contribution in [0.1, 0.15) is 29.9 Å². The first-order valence-electron chi connectivity index (χ1n) is 5.50. The summed E-state index contributed by atoms with van der Waals surface area (Å²) in [4.78, 5) is 4.15. The number of pyridine rings is 1. The van der Waals surface area contributed by atoms with Crippen molar-refractivity contribution in [2.24, 2.45) is 0 Å². The van der Waals surface area contributed by atoms with E-state index in [0.29, 0.717) is 0 Å². The molecule has 0 saturated heterocycles. The lowest BCUT2D eigenvalue weighted by molar-refractivity contribution is 0.504. The lowest BCUT2D eigenvalue weighted by Gasteiger charge is -2.15. The van der Waals surface area contributed by atoms with Crippen LogP contribution < -0.4 is 5.32 Å². The molecule has 0 radical (unpaired) electrons. The van der Waals surface area contributed by atoms with Gasteiger partial charge in [0.2, 0.25) is 0 Å². The molecule has 1 N–H and O–H groups in total. The van der Waals surface area contributed by atoms with Crippen molar-refractivity contribution in [3.8, 4) is 0 Å². The Hall–Kier alpha value is -1.61. The SMILES string of the molecule is CCc1occc1C(NC)c1cccnc1. The molecule has 0 fully saturated rings. The summed E-state index contributed by atoms with van der Waals surface area (Å²) in [7, 11) is 1.95. The van der Waals surface area contributed by atoms with E-state index in [-0.39, 0.29) is 6.04 Å². The lowest BCUT2D eigenvalue weighted by Crippen LogP contribution is -2.18. The van der Waals surface area contributed by atoms with Crippen LogP contribution in [-0.4, -0.2) is 12.0 Å². The molecule has 0 bridgehead atoms. The van der Waals surface area contributed by atoms with E-state index in [0.717, 1.165) is 17.7 Å². The molecule has 0 saturated carbocycles. The van der Waals surface area contributed by atoms with E-state index < -0.39 is 0 Å². The van der Waals surface area contributed by atoms with E-state index in [1.807, 2.05) is 25.4 Å². The van der Waals surface area contributed by atoms with Crippen LogP contribution in [0.3, 0.4) is 0 Å². The summed E-state index contributed by atoms with van der Waals surface area (Å²) < 4.78 is 5.46. The van der Waals surface area contributed by atoms with Crippen molar-refractivity contribution in [2.45, 2.75) is 19.4 Å². The Labute approximate surface area is 95.5 Å². The smallest absolute Gasteiger partial charge is 0.108 e. The highest BCUT2D eigenvalue weighted by molar-refractivity contribution is 5.31. The number of nitrogens with zero attached hydrogens (tertiary/aromatic N) is 1. The van der Waals surface area contributed by atoms with E-state index >= 15 is 0 Å². The van der Waals surface area contributed by atoms with E-state index in [2.05, 4.69) is 23.3 Å². The van der Waals surface area contributed by atoms with Crippen LogP contribution in [0.5, 0.6) is 0 Å². The van der Waals surface area contributed by atoms with Gasteiger partial charge in [-0.15, -0.1) is 0 Å². The van der Waals surface area contributed by atoms with Crippen LogP contribution in [0.15, 0.2) is 41.3 Å². The maximum Gasteiger partial charge on any atom is 0.108 e. The van der Waals surface area contributed by atoms with Crippen molar-refractivity contribution in [1.82, 2.24) is 10.3 Å². The third kappa shape index (κ3) is 1.99. The Balaban J connectivity index is 2.37. The third-order valence-corrected chi connectivity index (χ3v) is 2.72. The van der Waals surface area contributed by atoms with E-state index in [4.69, 9.17) is 4.42 Å². The van der Waals surface area contributed by atoms with Gasteiger partial charge in [-0.1, -0.05) is 13.0 Å². The van der Waals surface area contributed by atoms with Gasteiger partial charge < -0.3 is 9.73 Å². The summed E-state index contributed by atoms with van der Waals surface area (Å²) in [6.07, 6.45) is 6.32. The molecule has 0 spiro atoms. The van der Waals surface area contributed by atoms with Gasteiger partial charge in [0.15, 0.2) is 0 Å². The predicted molar refractivity (Wildman–Crippen MR) is 63.2 cm³/mol. The quantitative estimate of drug-likeness (QED) is 0.853. The van der Waals surface area contributed by atoms with Crippen LogP contribution in [-0.2, 0) is 6.42 Å². The summed E-state index contributed by atoms with van der Waals surface area (Å²) in [5.74, 6) is 1.03. The van der Waals surface area contributed by atoms with Gasteiger partial charge in [0.25, 0.3) is 0 Å². The summed E-state index contributed by atoms with van der Waals surface area (Å²) in [6, 6.07) is 6.20. The standard InChI is InChI=1S/C13H16N2O/c1-3-12-11(6-8-16-12)13(14-2)10-5-4-7-15-9-10/h4-9,13-14H,3H2,1-2H3. The highest BCUT2D eigenvalue weighted by Gasteiger charge is 2.17. The average molecular weight is 216 g/mol. The van der Waals surface area contributed by atoms with E-state index in [1.165, 1.54) is 5.56 Å². The van der Waals surface area contributed by atoms with Crippen molar-refractivity contribution >= 4 is 0 Å². The van der Waals surface area contributed by atoms with Gasteiger partial charge in [0.1, 0.15) is 5.76 Å². The molecule has 3 nitrogen and oxygen atoms in total. The normalized spacial score (nSPS) is 12.6. The monoisotopic (exact) mass is 216 g/mol. The van der Waals surface area contributed by atoms with Crippen LogP contribution in [0, 0.1) is 0 Å². The van der Waals surface area contributed by atoms with Crippen LogP contribution in [0.25, 0.3) is 0 Å². The number of hydrogen-bond acceptors (Lipinski definition) is 3. The first-order chi connectivity index (χ1) is 7.86. The number of hydrogen-bond donors (Lipinski definition) is 1. The molecule has 1 unspecified atom stereocenters. The maximum atomic E-state index is 5.46. The minimum atomic E-state index is 0.155. The number of rotatable bonds is 4. The molecule has 16 heavy (non-hydrogen) atoms. The molecule has 1 atom stereocenters. The van der Waals surface area contributed by atoms with Gasteiger partial charge in [-0.3, -0.25) is 4.98 Å². The van der Waals surface area contributed by atoms with Crippen molar-refractivity contribution in [2.75, 3.05) is 7.05 Å². The van der Waals surface area contributed by atoms with Crippen molar-refractivity contribution < 1.29 is 4.42 Å². The highest BCUT2D eigenvalue weighted by Crippen LogP contribution is 2.25.